The van der Waals surface area contributed by atoms with Crippen LogP contribution in [-0.2, 0) is 11.3 Å². The summed E-state index contributed by atoms with van der Waals surface area (Å²) in [5, 5.41) is 10.8. The molecule has 2 heterocycles. The van der Waals surface area contributed by atoms with Gasteiger partial charge >= 0.3 is 0 Å². The fourth-order valence-electron chi connectivity index (χ4n) is 2.42. The molecule has 0 aromatic carbocycles. The minimum atomic E-state index is 0.675. The van der Waals surface area contributed by atoms with Crippen molar-refractivity contribution in [2.24, 2.45) is 10.9 Å². The van der Waals surface area contributed by atoms with Crippen molar-refractivity contribution in [1.82, 2.24) is 25.4 Å². The Morgan fingerprint density at radius 1 is 1.36 bits per heavy atom. The van der Waals surface area contributed by atoms with E-state index in [2.05, 4.69) is 25.7 Å². The van der Waals surface area contributed by atoms with Crippen LogP contribution < -0.4 is 10.6 Å². The number of nitrogens with one attached hydrogen (secondary N) is 2. The highest BCUT2D eigenvalue weighted by molar-refractivity contribution is 5.79. The van der Waals surface area contributed by atoms with Gasteiger partial charge in [-0.25, -0.2) is 9.67 Å². The second-order valence-electron chi connectivity index (χ2n) is 6.20. The molecular weight excluding hydrogens is 316 g/mol. The van der Waals surface area contributed by atoms with Gasteiger partial charge in [0.15, 0.2) is 11.8 Å². The highest BCUT2D eigenvalue weighted by Crippen LogP contribution is 2.28. The maximum Gasteiger partial charge on any atom is 0.191 e. The molecule has 7 heteroatoms. The predicted octanol–water partition coefficient (Wildman–Crippen LogP) is 1.75. The lowest BCUT2D eigenvalue weighted by molar-refractivity contribution is 0.123. The Bertz CT molecular complexity index is 666. The summed E-state index contributed by atoms with van der Waals surface area (Å²) < 4.78 is 7.38. The number of aliphatic imine (C=N–C) groups is 1. The van der Waals surface area contributed by atoms with E-state index in [0.717, 1.165) is 49.4 Å². The highest BCUT2D eigenvalue weighted by Gasteiger charge is 2.20. The normalized spacial score (nSPS) is 14.5. The first-order chi connectivity index (χ1) is 12.3. The molecule has 0 radical (unpaired) electrons. The van der Waals surface area contributed by atoms with Gasteiger partial charge in [0.2, 0.25) is 0 Å². The molecule has 1 aliphatic rings. The third kappa shape index (κ3) is 5.86. The largest absolute Gasteiger partial charge is 0.381 e. The van der Waals surface area contributed by atoms with Crippen molar-refractivity contribution in [3.63, 3.8) is 0 Å². The minimum Gasteiger partial charge on any atom is -0.381 e. The zero-order valence-electron chi connectivity index (χ0n) is 14.7. The summed E-state index contributed by atoms with van der Waals surface area (Å²) >= 11 is 0. The van der Waals surface area contributed by atoms with E-state index in [9.17, 15) is 0 Å². The summed E-state index contributed by atoms with van der Waals surface area (Å²) in [5.41, 5.74) is 1.12. The molecule has 0 saturated heterocycles. The molecule has 0 unspecified atom stereocenters. The van der Waals surface area contributed by atoms with Crippen molar-refractivity contribution in [3.8, 4) is 5.82 Å². The fraction of sp³-hybridized carbons (Fsp3) is 0.500. The molecule has 0 amide bonds. The topological polar surface area (TPSA) is 76.4 Å². The molecule has 0 aliphatic heterocycles. The van der Waals surface area contributed by atoms with Crippen LogP contribution in [0.15, 0.2) is 41.8 Å². The van der Waals surface area contributed by atoms with Gasteiger partial charge in [-0.2, -0.15) is 5.10 Å². The summed E-state index contributed by atoms with van der Waals surface area (Å²) in [4.78, 5) is 8.59. The van der Waals surface area contributed by atoms with Crippen LogP contribution in [0.5, 0.6) is 0 Å². The zero-order chi connectivity index (χ0) is 17.3. The molecule has 25 heavy (non-hydrogen) atoms. The lowest BCUT2D eigenvalue weighted by atomic mass is 10.2. The van der Waals surface area contributed by atoms with Crippen molar-refractivity contribution in [3.05, 3.63) is 42.4 Å². The van der Waals surface area contributed by atoms with Crippen LogP contribution in [0.4, 0.5) is 0 Å². The highest BCUT2D eigenvalue weighted by atomic mass is 16.5. The van der Waals surface area contributed by atoms with Crippen LogP contribution in [0, 0.1) is 5.92 Å². The number of aromatic nitrogens is 3. The maximum atomic E-state index is 5.64. The smallest absolute Gasteiger partial charge is 0.191 e. The standard InChI is InChI=1S/C18H26N6O/c1-19-18(21-7-3-11-25-14-15-4-5-15)22-13-16-6-9-20-17(12-16)24-10-2-8-23-24/h2,6,8-10,12,15H,3-5,7,11,13-14H2,1H3,(H2,19,21,22). The number of rotatable bonds is 9. The van der Waals surface area contributed by atoms with Crippen molar-refractivity contribution < 1.29 is 4.74 Å². The summed E-state index contributed by atoms with van der Waals surface area (Å²) in [6.07, 6.45) is 9.07. The first-order valence-electron chi connectivity index (χ1n) is 8.82. The first kappa shape index (κ1) is 17.4. The predicted molar refractivity (Wildman–Crippen MR) is 97.7 cm³/mol. The Balaban J connectivity index is 1.38. The van der Waals surface area contributed by atoms with Crippen molar-refractivity contribution >= 4 is 5.96 Å². The van der Waals surface area contributed by atoms with E-state index in [1.54, 1.807) is 24.1 Å². The Kier molecular flexibility index (Phi) is 6.39. The Morgan fingerprint density at radius 2 is 2.28 bits per heavy atom. The average molecular weight is 342 g/mol. The van der Waals surface area contributed by atoms with Gasteiger partial charge in [-0.3, -0.25) is 4.99 Å². The SMILES string of the molecule is CN=C(NCCCOCC1CC1)NCc1ccnc(-n2cccn2)c1. The monoisotopic (exact) mass is 342 g/mol. The molecule has 1 fully saturated rings. The Hall–Kier alpha value is -2.41. The number of guanidine groups is 1. The molecule has 0 atom stereocenters. The first-order valence-corrected chi connectivity index (χ1v) is 8.82. The van der Waals surface area contributed by atoms with E-state index >= 15 is 0 Å². The van der Waals surface area contributed by atoms with Crippen molar-refractivity contribution in [1.29, 1.82) is 0 Å². The molecule has 1 aliphatic carbocycles. The van der Waals surface area contributed by atoms with E-state index in [0.29, 0.717) is 6.54 Å². The summed E-state index contributed by atoms with van der Waals surface area (Å²) in [5.74, 6) is 2.43. The second kappa shape index (κ2) is 9.17. The lowest BCUT2D eigenvalue weighted by Gasteiger charge is -2.12. The Labute approximate surface area is 148 Å². The van der Waals surface area contributed by atoms with Gasteiger partial charge in [0, 0.05) is 51.9 Å². The minimum absolute atomic E-state index is 0.675. The summed E-state index contributed by atoms with van der Waals surface area (Å²) in [6.45, 7) is 3.25. The van der Waals surface area contributed by atoms with Crippen LogP contribution in [0.3, 0.4) is 0 Å². The Morgan fingerprint density at radius 3 is 3.04 bits per heavy atom. The van der Waals surface area contributed by atoms with Gasteiger partial charge in [-0.15, -0.1) is 0 Å². The third-order valence-corrected chi connectivity index (χ3v) is 4.04. The van der Waals surface area contributed by atoms with Gasteiger partial charge in [-0.1, -0.05) is 0 Å². The maximum absolute atomic E-state index is 5.64. The van der Waals surface area contributed by atoms with Gasteiger partial charge in [-0.05, 0) is 48.9 Å². The van der Waals surface area contributed by atoms with E-state index in [1.165, 1.54) is 12.8 Å². The molecule has 134 valence electrons. The van der Waals surface area contributed by atoms with Crippen LogP contribution >= 0.6 is 0 Å². The van der Waals surface area contributed by atoms with Crippen LogP contribution in [0.1, 0.15) is 24.8 Å². The average Bonchev–Trinajstić information content (AvgIpc) is 3.30. The van der Waals surface area contributed by atoms with Gasteiger partial charge in [0.1, 0.15) is 0 Å². The molecule has 2 aromatic heterocycles. The molecule has 3 rings (SSSR count). The second-order valence-corrected chi connectivity index (χ2v) is 6.20. The molecule has 0 bridgehead atoms. The summed E-state index contributed by atoms with van der Waals surface area (Å²) in [7, 11) is 1.78. The molecular formula is C18H26N6O. The van der Waals surface area contributed by atoms with Crippen molar-refractivity contribution in [2.45, 2.75) is 25.8 Å². The van der Waals surface area contributed by atoms with Crippen LogP contribution in [0.2, 0.25) is 0 Å². The van der Waals surface area contributed by atoms with Gasteiger partial charge < -0.3 is 15.4 Å². The zero-order valence-corrected chi connectivity index (χ0v) is 14.7. The molecule has 7 nitrogen and oxygen atoms in total. The van der Waals surface area contributed by atoms with E-state index in [-0.39, 0.29) is 0 Å². The van der Waals surface area contributed by atoms with Crippen LogP contribution in [0.25, 0.3) is 5.82 Å². The molecule has 0 spiro atoms. The molecule has 1 saturated carbocycles. The van der Waals surface area contributed by atoms with E-state index in [4.69, 9.17) is 4.74 Å². The van der Waals surface area contributed by atoms with Crippen molar-refractivity contribution in [2.75, 3.05) is 26.8 Å². The van der Waals surface area contributed by atoms with Crippen LogP contribution in [-0.4, -0.2) is 47.5 Å². The number of nitrogens with zero attached hydrogens (tertiary/aromatic N) is 4. The van der Waals surface area contributed by atoms with Gasteiger partial charge in [0.05, 0.1) is 0 Å². The fourth-order valence-corrected chi connectivity index (χ4v) is 2.42. The quantitative estimate of drug-likeness (QED) is 0.412. The molecule has 2 aromatic rings. The number of pyridine rings is 1. The van der Waals surface area contributed by atoms with Gasteiger partial charge in [0.25, 0.3) is 0 Å². The number of hydrogen-bond donors (Lipinski definition) is 2. The number of ether oxygens (including phenoxy) is 1. The summed E-state index contributed by atoms with van der Waals surface area (Å²) in [6, 6.07) is 5.88. The van der Waals surface area contributed by atoms with E-state index < -0.39 is 0 Å². The third-order valence-electron chi connectivity index (χ3n) is 4.04. The lowest BCUT2D eigenvalue weighted by Crippen LogP contribution is -2.37. The number of hydrogen-bond acceptors (Lipinski definition) is 4. The molecule has 2 N–H and O–H groups in total. The van der Waals surface area contributed by atoms with E-state index in [1.807, 2.05) is 24.4 Å².